The van der Waals surface area contributed by atoms with Crippen LogP contribution in [0.4, 0.5) is 0 Å². The van der Waals surface area contributed by atoms with Crippen LogP contribution in [0.3, 0.4) is 0 Å². The first-order valence-corrected chi connectivity index (χ1v) is 5.92. The van der Waals surface area contributed by atoms with E-state index in [1.165, 1.54) is 32.4 Å². The van der Waals surface area contributed by atoms with Crippen LogP contribution in [-0.2, 0) is 0 Å². The normalized spacial score (nSPS) is 30.6. The van der Waals surface area contributed by atoms with E-state index >= 15 is 0 Å². The van der Waals surface area contributed by atoms with Crippen molar-refractivity contribution in [3.05, 3.63) is 0 Å². The fourth-order valence-corrected chi connectivity index (χ4v) is 1.87. The first-order valence-electron chi connectivity index (χ1n) is 5.92. The SMILES string of the molecule is CN1CCCCC1.OCCC1CN1CO. The second kappa shape index (κ2) is 7.17. The molecule has 0 aromatic heterocycles. The van der Waals surface area contributed by atoms with E-state index in [1.54, 1.807) is 0 Å². The molecule has 0 aromatic carbocycles. The zero-order valence-corrected chi connectivity index (χ0v) is 9.73. The van der Waals surface area contributed by atoms with Gasteiger partial charge in [-0.25, -0.2) is 0 Å². The lowest BCUT2D eigenvalue weighted by Gasteiger charge is -2.20. The molecule has 2 heterocycles. The van der Waals surface area contributed by atoms with Gasteiger partial charge >= 0.3 is 0 Å². The molecule has 0 amide bonds. The van der Waals surface area contributed by atoms with Crippen LogP contribution in [0.1, 0.15) is 25.7 Å². The van der Waals surface area contributed by atoms with E-state index in [0.29, 0.717) is 6.04 Å². The van der Waals surface area contributed by atoms with E-state index < -0.39 is 0 Å². The van der Waals surface area contributed by atoms with E-state index in [-0.39, 0.29) is 13.3 Å². The van der Waals surface area contributed by atoms with E-state index in [1.807, 2.05) is 4.90 Å². The van der Waals surface area contributed by atoms with Gasteiger partial charge in [0, 0.05) is 19.2 Å². The zero-order valence-electron chi connectivity index (χ0n) is 9.73. The van der Waals surface area contributed by atoms with Crippen LogP contribution in [0.15, 0.2) is 0 Å². The van der Waals surface area contributed by atoms with Crippen molar-refractivity contribution < 1.29 is 10.2 Å². The van der Waals surface area contributed by atoms with Gasteiger partial charge < -0.3 is 15.1 Å². The third kappa shape index (κ3) is 5.47. The first kappa shape index (κ1) is 12.9. The number of rotatable bonds is 3. The second-order valence-electron chi connectivity index (χ2n) is 4.44. The standard InChI is InChI=1S/C6H13N.C5H11NO2/c1-7-5-3-2-4-6-7;7-2-1-5-3-6(5)4-8/h2-6H2,1H3;5,7-8H,1-4H2. The Morgan fingerprint density at radius 2 is 1.80 bits per heavy atom. The second-order valence-corrected chi connectivity index (χ2v) is 4.44. The lowest BCUT2D eigenvalue weighted by Crippen LogP contribution is -2.24. The van der Waals surface area contributed by atoms with Crippen LogP contribution >= 0.6 is 0 Å². The fraction of sp³-hybridized carbons (Fsp3) is 1.00. The highest BCUT2D eigenvalue weighted by atomic mass is 16.3. The highest BCUT2D eigenvalue weighted by Crippen LogP contribution is 2.17. The van der Waals surface area contributed by atoms with Crippen LogP contribution in [-0.4, -0.2) is 66.1 Å². The first-order chi connectivity index (χ1) is 7.27. The Kier molecular flexibility index (Phi) is 6.17. The third-order valence-corrected chi connectivity index (χ3v) is 3.05. The monoisotopic (exact) mass is 216 g/mol. The Hall–Kier alpha value is -0.160. The number of likely N-dealkylation sites (tertiary alicyclic amines) is 1. The van der Waals surface area contributed by atoms with Gasteiger partial charge in [-0.05, 0) is 39.4 Å². The van der Waals surface area contributed by atoms with Crippen molar-refractivity contribution in [3.8, 4) is 0 Å². The minimum atomic E-state index is 0.144. The molecule has 0 aromatic rings. The van der Waals surface area contributed by atoms with Crippen molar-refractivity contribution in [2.24, 2.45) is 0 Å². The summed E-state index contributed by atoms with van der Waals surface area (Å²) in [4.78, 5) is 4.29. The highest BCUT2D eigenvalue weighted by molar-refractivity contribution is 4.85. The predicted octanol–water partition coefficient (Wildman–Crippen LogP) is 0.105. The lowest BCUT2D eigenvalue weighted by molar-refractivity contribution is 0.186. The van der Waals surface area contributed by atoms with Gasteiger partial charge in [0.2, 0.25) is 0 Å². The summed E-state index contributed by atoms with van der Waals surface area (Å²) in [5.41, 5.74) is 0. The molecule has 2 atom stereocenters. The average Bonchev–Trinajstić information content (AvgIpc) is 2.99. The molecule has 2 saturated heterocycles. The maximum atomic E-state index is 8.45. The predicted molar refractivity (Wildman–Crippen MR) is 60.6 cm³/mol. The number of hydrogen-bond donors (Lipinski definition) is 2. The third-order valence-electron chi connectivity index (χ3n) is 3.05. The maximum Gasteiger partial charge on any atom is 0.0959 e. The Balaban J connectivity index is 0.000000151. The van der Waals surface area contributed by atoms with Gasteiger partial charge in [0.25, 0.3) is 0 Å². The summed E-state index contributed by atoms with van der Waals surface area (Å²) >= 11 is 0. The molecule has 0 spiro atoms. The van der Waals surface area contributed by atoms with E-state index in [2.05, 4.69) is 11.9 Å². The maximum absolute atomic E-state index is 8.45. The quantitative estimate of drug-likeness (QED) is 0.657. The summed E-state index contributed by atoms with van der Waals surface area (Å²) in [6, 6.07) is 0.463. The molecule has 2 unspecified atom stereocenters. The average molecular weight is 216 g/mol. The van der Waals surface area contributed by atoms with Crippen molar-refractivity contribution >= 4 is 0 Å². The summed E-state index contributed by atoms with van der Waals surface area (Å²) < 4.78 is 0. The molecule has 4 nitrogen and oxygen atoms in total. The highest BCUT2D eigenvalue weighted by Gasteiger charge is 2.31. The van der Waals surface area contributed by atoms with Crippen molar-refractivity contribution in [2.45, 2.75) is 31.7 Å². The molecular weight excluding hydrogens is 192 g/mol. The molecule has 0 radical (unpaired) electrons. The molecule has 2 fully saturated rings. The largest absolute Gasteiger partial charge is 0.396 e. The Labute approximate surface area is 92.5 Å². The zero-order chi connectivity index (χ0) is 11.1. The molecule has 2 aliphatic heterocycles. The summed E-state index contributed by atoms with van der Waals surface area (Å²) in [5, 5.41) is 16.8. The van der Waals surface area contributed by atoms with Crippen LogP contribution in [0.25, 0.3) is 0 Å². The Morgan fingerprint density at radius 1 is 1.13 bits per heavy atom. The number of aliphatic hydroxyl groups is 2. The summed E-state index contributed by atoms with van der Waals surface area (Å²) in [7, 11) is 2.19. The van der Waals surface area contributed by atoms with E-state index in [0.717, 1.165) is 13.0 Å². The topological polar surface area (TPSA) is 46.7 Å². The lowest BCUT2D eigenvalue weighted by atomic mass is 10.1. The van der Waals surface area contributed by atoms with E-state index in [9.17, 15) is 0 Å². The van der Waals surface area contributed by atoms with Crippen molar-refractivity contribution in [1.82, 2.24) is 9.80 Å². The Bertz CT molecular complexity index is 161. The number of nitrogens with zero attached hydrogens (tertiary/aromatic N) is 2. The van der Waals surface area contributed by atoms with Crippen LogP contribution in [0, 0.1) is 0 Å². The van der Waals surface area contributed by atoms with Gasteiger partial charge in [-0.2, -0.15) is 0 Å². The Morgan fingerprint density at radius 3 is 2.13 bits per heavy atom. The van der Waals surface area contributed by atoms with Gasteiger partial charge in [-0.1, -0.05) is 6.42 Å². The molecule has 4 heteroatoms. The summed E-state index contributed by atoms with van der Waals surface area (Å²) in [5.74, 6) is 0. The van der Waals surface area contributed by atoms with Crippen LogP contribution < -0.4 is 0 Å². The molecule has 0 aliphatic carbocycles. The molecule has 0 saturated carbocycles. The molecule has 2 rings (SSSR count). The molecular formula is C11H24N2O2. The van der Waals surface area contributed by atoms with Gasteiger partial charge in [-0.15, -0.1) is 0 Å². The summed E-state index contributed by atoms with van der Waals surface area (Å²) in [6.07, 6.45) is 5.08. The van der Waals surface area contributed by atoms with Gasteiger partial charge in [0.05, 0.1) is 6.73 Å². The molecule has 0 bridgehead atoms. The van der Waals surface area contributed by atoms with E-state index in [4.69, 9.17) is 10.2 Å². The minimum absolute atomic E-state index is 0.144. The van der Waals surface area contributed by atoms with Crippen molar-refractivity contribution in [2.75, 3.05) is 40.0 Å². The molecule has 90 valence electrons. The van der Waals surface area contributed by atoms with Crippen molar-refractivity contribution in [1.29, 1.82) is 0 Å². The fourth-order valence-electron chi connectivity index (χ4n) is 1.87. The number of hydrogen-bond acceptors (Lipinski definition) is 4. The number of piperidine rings is 1. The van der Waals surface area contributed by atoms with Gasteiger partial charge in [-0.3, -0.25) is 4.90 Å². The van der Waals surface area contributed by atoms with Crippen LogP contribution in [0.2, 0.25) is 0 Å². The number of aliphatic hydroxyl groups excluding tert-OH is 2. The molecule has 2 N–H and O–H groups in total. The van der Waals surface area contributed by atoms with Gasteiger partial charge in [0.1, 0.15) is 0 Å². The smallest absolute Gasteiger partial charge is 0.0959 e. The molecule has 15 heavy (non-hydrogen) atoms. The van der Waals surface area contributed by atoms with Crippen LogP contribution in [0.5, 0.6) is 0 Å². The molecule has 2 aliphatic rings. The summed E-state index contributed by atoms with van der Waals surface area (Å²) in [6.45, 7) is 3.98. The minimum Gasteiger partial charge on any atom is -0.396 e. The van der Waals surface area contributed by atoms with Crippen molar-refractivity contribution in [3.63, 3.8) is 0 Å². The van der Waals surface area contributed by atoms with Gasteiger partial charge in [0.15, 0.2) is 0 Å².